The van der Waals surface area contributed by atoms with Crippen molar-refractivity contribution in [2.24, 2.45) is 0 Å². The van der Waals surface area contributed by atoms with Crippen LogP contribution < -0.4 is 0 Å². The number of benzene rings is 1. The molecule has 0 heterocycles. The van der Waals surface area contributed by atoms with E-state index in [2.05, 4.69) is 0 Å². The molecular formula is C13H16ClNO3. The summed E-state index contributed by atoms with van der Waals surface area (Å²) in [7, 11) is 1.59. The molecule has 0 aliphatic rings. The van der Waals surface area contributed by atoms with Crippen LogP contribution in [0.1, 0.15) is 30.6 Å². The number of hydrogen-bond acceptors (Lipinski definition) is 2. The number of carbonyl (C=O) groups is 2. The van der Waals surface area contributed by atoms with Gasteiger partial charge in [0.25, 0.3) is 5.91 Å². The SMILES string of the molecule is CN(C(=O)c1cccc(Cl)c1)C(C)(C)CC(=O)O. The molecule has 0 spiro atoms. The van der Waals surface area contributed by atoms with Crippen LogP contribution in [0.15, 0.2) is 24.3 Å². The Kier molecular flexibility index (Phi) is 4.35. The lowest BCUT2D eigenvalue weighted by Crippen LogP contribution is -2.46. The number of amides is 1. The number of aliphatic carboxylic acids is 1. The predicted octanol–water partition coefficient (Wildman–Crippen LogP) is 2.67. The lowest BCUT2D eigenvalue weighted by atomic mass is 9.97. The van der Waals surface area contributed by atoms with Crippen molar-refractivity contribution < 1.29 is 14.7 Å². The van der Waals surface area contributed by atoms with E-state index in [9.17, 15) is 9.59 Å². The fraction of sp³-hybridized carbons (Fsp3) is 0.385. The zero-order valence-electron chi connectivity index (χ0n) is 10.6. The summed E-state index contributed by atoms with van der Waals surface area (Å²) in [5.74, 6) is -1.19. The third kappa shape index (κ3) is 3.47. The van der Waals surface area contributed by atoms with Gasteiger partial charge in [0.15, 0.2) is 0 Å². The highest BCUT2D eigenvalue weighted by molar-refractivity contribution is 6.30. The smallest absolute Gasteiger partial charge is 0.305 e. The van der Waals surface area contributed by atoms with E-state index in [0.717, 1.165) is 0 Å². The second-order valence-corrected chi connectivity index (χ2v) is 5.19. The molecule has 0 aliphatic heterocycles. The largest absolute Gasteiger partial charge is 0.481 e. The summed E-state index contributed by atoms with van der Waals surface area (Å²) in [5, 5.41) is 9.31. The van der Waals surface area contributed by atoms with Gasteiger partial charge in [-0.25, -0.2) is 0 Å². The average Bonchev–Trinajstić information content (AvgIpc) is 2.25. The third-order valence-corrected chi connectivity index (χ3v) is 3.10. The number of carboxylic acid groups (broad SMARTS) is 1. The Balaban J connectivity index is 2.93. The fourth-order valence-electron chi connectivity index (χ4n) is 1.58. The summed E-state index contributed by atoms with van der Waals surface area (Å²) in [4.78, 5) is 24.4. The summed E-state index contributed by atoms with van der Waals surface area (Å²) < 4.78 is 0. The highest BCUT2D eigenvalue weighted by Gasteiger charge is 2.30. The summed E-state index contributed by atoms with van der Waals surface area (Å²) >= 11 is 5.83. The van der Waals surface area contributed by atoms with Crippen LogP contribution in [0.2, 0.25) is 5.02 Å². The second kappa shape index (κ2) is 5.40. The Morgan fingerprint density at radius 2 is 2.00 bits per heavy atom. The second-order valence-electron chi connectivity index (χ2n) is 4.76. The van der Waals surface area contributed by atoms with E-state index < -0.39 is 11.5 Å². The van der Waals surface area contributed by atoms with Crippen molar-refractivity contribution in [2.75, 3.05) is 7.05 Å². The topological polar surface area (TPSA) is 57.6 Å². The van der Waals surface area contributed by atoms with Gasteiger partial charge in [-0.3, -0.25) is 9.59 Å². The summed E-state index contributed by atoms with van der Waals surface area (Å²) in [6.45, 7) is 3.42. The standard InChI is InChI=1S/C13H16ClNO3/c1-13(2,8-11(16)17)15(3)12(18)9-5-4-6-10(14)7-9/h4-7H,8H2,1-3H3,(H,16,17). The quantitative estimate of drug-likeness (QED) is 0.914. The Bertz CT molecular complexity index is 471. The normalized spacial score (nSPS) is 11.1. The van der Waals surface area contributed by atoms with Gasteiger partial charge in [0.05, 0.1) is 6.42 Å². The number of carboxylic acids is 1. The van der Waals surface area contributed by atoms with Gasteiger partial charge >= 0.3 is 5.97 Å². The zero-order valence-corrected chi connectivity index (χ0v) is 11.4. The van der Waals surface area contributed by atoms with E-state index in [-0.39, 0.29) is 12.3 Å². The van der Waals surface area contributed by atoms with Gasteiger partial charge in [0.2, 0.25) is 0 Å². The molecule has 5 heteroatoms. The van der Waals surface area contributed by atoms with Crippen LogP contribution >= 0.6 is 11.6 Å². The molecule has 0 bridgehead atoms. The molecule has 0 unspecified atom stereocenters. The maximum atomic E-state index is 12.2. The maximum absolute atomic E-state index is 12.2. The van der Waals surface area contributed by atoms with Crippen LogP contribution in [0.3, 0.4) is 0 Å². The zero-order chi connectivity index (χ0) is 13.9. The van der Waals surface area contributed by atoms with Crippen LogP contribution in [0.25, 0.3) is 0 Å². The number of halogens is 1. The van der Waals surface area contributed by atoms with Crippen LogP contribution in [0.5, 0.6) is 0 Å². The van der Waals surface area contributed by atoms with Gasteiger partial charge in [-0.2, -0.15) is 0 Å². The first-order valence-electron chi connectivity index (χ1n) is 5.49. The van der Waals surface area contributed by atoms with E-state index in [0.29, 0.717) is 10.6 Å². The molecule has 0 atom stereocenters. The van der Waals surface area contributed by atoms with Crippen LogP contribution in [-0.4, -0.2) is 34.5 Å². The molecule has 1 aromatic rings. The molecule has 1 amide bonds. The van der Waals surface area contributed by atoms with Crippen molar-refractivity contribution in [3.8, 4) is 0 Å². The van der Waals surface area contributed by atoms with Crippen molar-refractivity contribution in [1.29, 1.82) is 0 Å². The Morgan fingerprint density at radius 1 is 1.39 bits per heavy atom. The molecule has 1 rings (SSSR count). The number of nitrogens with zero attached hydrogens (tertiary/aromatic N) is 1. The molecule has 0 aliphatic carbocycles. The van der Waals surface area contributed by atoms with E-state index in [1.165, 1.54) is 4.90 Å². The first-order valence-corrected chi connectivity index (χ1v) is 5.87. The first-order chi connectivity index (χ1) is 8.24. The van der Waals surface area contributed by atoms with Crippen LogP contribution in [-0.2, 0) is 4.79 Å². The van der Waals surface area contributed by atoms with Crippen molar-refractivity contribution in [3.63, 3.8) is 0 Å². The molecule has 98 valence electrons. The highest BCUT2D eigenvalue weighted by Crippen LogP contribution is 2.21. The molecule has 0 radical (unpaired) electrons. The first kappa shape index (κ1) is 14.5. The van der Waals surface area contributed by atoms with Crippen LogP contribution in [0.4, 0.5) is 0 Å². The minimum Gasteiger partial charge on any atom is -0.481 e. The van der Waals surface area contributed by atoms with Crippen molar-refractivity contribution >= 4 is 23.5 Å². The minimum absolute atomic E-state index is 0.115. The van der Waals surface area contributed by atoms with Gasteiger partial charge in [-0.15, -0.1) is 0 Å². The molecule has 0 saturated heterocycles. The van der Waals surface area contributed by atoms with Gasteiger partial charge in [-0.1, -0.05) is 17.7 Å². The van der Waals surface area contributed by atoms with E-state index in [1.54, 1.807) is 45.2 Å². The van der Waals surface area contributed by atoms with E-state index in [4.69, 9.17) is 16.7 Å². The lowest BCUT2D eigenvalue weighted by molar-refractivity contribution is -0.139. The lowest BCUT2D eigenvalue weighted by Gasteiger charge is -2.34. The van der Waals surface area contributed by atoms with Gasteiger partial charge in [-0.05, 0) is 32.0 Å². The summed E-state index contributed by atoms with van der Waals surface area (Å²) in [6, 6.07) is 6.59. The molecule has 4 nitrogen and oxygen atoms in total. The van der Waals surface area contributed by atoms with E-state index >= 15 is 0 Å². The molecule has 0 fully saturated rings. The maximum Gasteiger partial charge on any atom is 0.305 e. The van der Waals surface area contributed by atoms with Crippen molar-refractivity contribution in [3.05, 3.63) is 34.9 Å². The fourth-order valence-corrected chi connectivity index (χ4v) is 1.77. The molecule has 18 heavy (non-hydrogen) atoms. The van der Waals surface area contributed by atoms with Crippen LogP contribution in [0, 0.1) is 0 Å². The van der Waals surface area contributed by atoms with Crippen molar-refractivity contribution in [1.82, 2.24) is 4.90 Å². The molecule has 0 saturated carbocycles. The monoisotopic (exact) mass is 269 g/mol. The average molecular weight is 270 g/mol. The predicted molar refractivity (Wildman–Crippen MR) is 69.9 cm³/mol. The van der Waals surface area contributed by atoms with Gasteiger partial charge in [0.1, 0.15) is 0 Å². The number of rotatable bonds is 4. The Labute approximate surface area is 111 Å². The summed E-state index contributed by atoms with van der Waals surface area (Å²) in [6.07, 6.45) is -0.115. The Hall–Kier alpha value is -1.55. The van der Waals surface area contributed by atoms with Gasteiger partial charge < -0.3 is 10.0 Å². The highest BCUT2D eigenvalue weighted by atomic mass is 35.5. The molecular weight excluding hydrogens is 254 g/mol. The molecule has 1 aromatic carbocycles. The van der Waals surface area contributed by atoms with Crippen molar-refractivity contribution in [2.45, 2.75) is 25.8 Å². The molecule has 0 aromatic heterocycles. The Morgan fingerprint density at radius 3 is 2.50 bits per heavy atom. The third-order valence-electron chi connectivity index (χ3n) is 2.87. The number of carbonyl (C=O) groups excluding carboxylic acids is 1. The van der Waals surface area contributed by atoms with E-state index in [1.807, 2.05) is 0 Å². The van der Waals surface area contributed by atoms with Gasteiger partial charge in [0, 0.05) is 23.2 Å². The summed E-state index contributed by atoms with van der Waals surface area (Å²) in [5.41, 5.74) is -0.311. The number of hydrogen-bond donors (Lipinski definition) is 1. The minimum atomic E-state index is -0.939. The molecule has 1 N–H and O–H groups in total.